The molecule has 0 atom stereocenters. The van der Waals surface area contributed by atoms with Crippen molar-refractivity contribution in [3.63, 3.8) is 0 Å². The molecule has 11 rings (SSSR count). The minimum Gasteiger partial charge on any atom is -0.456 e. The van der Waals surface area contributed by atoms with Crippen molar-refractivity contribution in [1.29, 1.82) is 0 Å². The minimum atomic E-state index is -0.343. The number of nitrogens with zero attached hydrogens (tertiary/aromatic N) is 1. The van der Waals surface area contributed by atoms with Gasteiger partial charge >= 0.3 is 0 Å². The Bertz CT molecular complexity index is 3150. The molecular weight excluding hydrogens is 715 g/mol. The Morgan fingerprint density at radius 2 is 0.932 bits per heavy atom. The van der Waals surface area contributed by atoms with Gasteiger partial charge in [0.05, 0.1) is 16.8 Å². The van der Waals surface area contributed by atoms with E-state index in [9.17, 15) is 0 Å². The second-order valence-corrected chi connectivity index (χ2v) is 16.1. The molecule has 0 N–H and O–H groups in total. The van der Waals surface area contributed by atoms with Crippen LogP contribution >= 0.6 is 0 Å². The number of rotatable bonds is 7. The van der Waals surface area contributed by atoms with E-state index in [2.05, 4.69) is 231 Å². The van der Waals surface area contributed by atoms with E-state index in [0.717, 1.165) is 44.6 Å². The van der Waals surface area contributed by atoms with Crippen LogP contribution in [0.3, 0.4) is 0 Å². The number of anilines is 3. The molecule has 0 bridgehead atoms. The molecule has 1 heterocycles. The Morgan fingerprint density at radius 1 is 0.390 bits per heavy atom. The summed E-state index contributed by atoms with van der Waals surface area (Å²) < 4.78 is 6.66. The highest BCUT2D eigenvalue weighted by atomic mass is 16.3. The molecule has 0 fully saturated rings. The average Bonchev–Trinajstić information content (AvgIpc) is 3.79. The maximum absolute atomic E-state index is 6.66. The summed E-state index contributed by atoms with van der Waals surface area (Å²) in [6.07, 6.45) is 0. The molecule has 0 amide bonds. The minimum absolute atomic E-state index is 0.343. The van der Waals surface area contributed by atoms with Gasteiger partial charge in [-0.15, -0.1) is 0 Å². The molecule has 1 aliphatic carbocycles. The molecule has 2 heteroatoms. The van der Waals surface area contributed by atoms with Crippen LogP contribution in [-0.2, 0) is 5.41 Å². The zero-order valence-corrected chi connectivity index (χ0v) is 33.1. The maximum Gasteiger partial charge on any atom is 0.137 e. The number of hydrogen-bond donors (Lipinski definition) is 0. The highest BCUT2D eigenvalue weighted by Crippen LogP contribution is 2.58. The Labute approximate surface area is 345 Å². The Hall–Kier alpha value is -7.42. The van der Waals surface area contributed by atoms with Crippen molar-refractivity contribution in [3.05, 3.63) is 223 Å². The number of benzene rings is 9. The number of hydrogen-bond acceptors (Lipinski definition) is 2. The first kappa shape index (κ1) is 34.8. The molecule has 0 saturated carbocycles. The molecule has 1 aliphatic rings. The van der Waals surface area contributed by atoms with E-state index in [1.807, 2.05) is 0 Å². The van der Waals surface area contributed by atoms with Crippen LogP contribution in [0.25, 0.3) is 77.6 Å². The molecule has 0 saturated heterocycles. The van der Waals surface area contributed by atoms with Gasteiger partial charge in [-0.3, -0.25) is 0 Å². The molecule has 1 aromatic heterocycles. The molecule has 59 heavy (non-hydrogen) atoms. The van der Waals surface area contributed by atoms with Crippen LogP contribution in [0.5, 0.6) is 0 Å². The van der Waals surface area contributed by atoms with Gasteiger partial charge in [-0.2, -0.15) is 0 Å². The number of fused-ring (bicyclic) bond motifs is 6. The summed E-state index contributed by atoms with van der Waals surface area (Å²) >= 11 is 0. The fraction of sp³-hybridized carbons (Fsp3) is 0.0526. The van der Waals surface area contributed by atoms with Gasteiger partial charge in [-0.1, -0.05) is 172 Å². The molecule has 2 nitrogen and oxygen atoms in total. The molecule has 0 radical (unpaired) electrons. The first-order chi connectivity index (χ1) is 29.0. The van der Waals surface area contributed by atoms with Crippen molar-refractivity contribution < 1.29 is 4.42 Å². The van der Waals surface area contributed by atoms with E-state index in [1.165, 1.54) is 61.2 Å². The summed E-state index contributed by atoms with van der Waals surface area (Å²) in [6, 6.07) is 76.7. The smallest absolute Gasteiger partial charge is 0.137 e. The normalized spacial score (nSPS) is 12.7. The summed E-state index contributed by atoms with van der Waals surface area (Å²) in [6.45, 7) is 4.81. The Morgan fingerprint density at radius 3 is 1.59 bits per heavy atom. The topological polar surface area (TPSA) is 16.4 Å². The monoisotopic (exact) mass is 755 g/mol. The molecule has 9 aromatic carbocycles. The van der Waals surface area contributed by atoms with E-state index in [1.54, 1.807) is 0 Å². The first-order valence-corrected chi connectivity index (χ1v) is 20.4. The largest absolute Gasteiger partial charge is 0.456 e. The molecule has 0 unspecified atom stereocenters. The molecule has 0 aliphatic heterocycles. The summed E-state index contributed by atoms with van der Waals surface area (Å²) in [5.41, 5.74) is 19.5. The lowest BCUT2D eigenvalue weighted by atomic mass is 9.79. The third kappa shape index (κ3) is 5.79. The number of furan rings is 1. The molecular formula is C57H41NO. The van der Waals surface area contributed by atoms with Crippen LogP contribution in [0.2, 0.25) is 0 Å². The van der Waals surface area contributed by atoms with E-state index < -0.39 is 0 Å². The van der Waals surface area contributed by atoms with E-state index in [0.29, 0.717) is 0 Å². The van der Waals surface area contributed by atoms with Gasteiger partial charge in [0.2, 0.25) is 0 Å². The second kappa shape index (κ2) is 13.9. The molecule has 10 aromatic rings. The van der Waals surface area contributed by atoms with Crippen LogP contribution in [-0.4, -0.2) is 0 Å². The average molecular weight is 756 g/mol. The van der Waals surface area contributed by atoms with Gasteiger partial charge in [0.25, 0.3) is 0 Å². The summed E-state index contributed by atoms with van der Waals surface area (Å²) in [7, 11) is 0. The van der Waals surface area contributed by atoms with Crippen LogP contribution in [0.4, 0.5) is 17.1 Å². The van der Waals surface area contributed by atoms with Crippen molar-refractivity contribution >= 4 is 39.0 Å². The van der Waals surface area contributed by atoms with Gasteiger partial charge < -0.3 is 9.32 Å². The van der Waals surface area contributed by atoms with Crippen LogP contribution in [0.1, 0.15) is 25.0 Å². The Kier molecular flexibility index (Phi) is 8.20. The quantitative estimate of drug-likeness (QED) is 0.161. The summed E-state index contributed by atoms with van der Waals surface area (Å²) in [4.78, 5) is 2.48. The Balaban J connectivity index is 1.18. The van der Waals surface area contributed by atoms with Crippen LogP contribution in [0.15, 0.2) is 217 Å². The fourth-order valence-corrected chi connectivity index (χ4v) is 9.44. The van der Waals surface area contributed by atoms with E-state index >= 15 is 0 Å². The van der Waals surface area contributed by atoms with Gasteiger partial charge in [0.1, 0.15) is 11.2 Å². The standard InChI is InChI=1S/C57H41NO/c1-57(2)49-37-44(40-21-11-5-12-22-40)36-47(42-23-13-6-14-24-42)54(49)46-25-15-27-51(56(46)57)58(45-32-29-41(30-33-45)38-17-7-3-8-18-38)50-26-16-28-53-55(50)48-35-43(31-34-52(48)59-53)39-19-9-4-10-20-39/h3-37H,1-2H3. The predicted molar refractivity (Wildman–Crippen MR) is 248 cm³/mol. The second-order valence-electron chi connectivity index (χ2n) is 16.1. The van der Waals surface area contributed by atoms with Gasteiger partial charge in [-0.25, -0.2) is 0 Å². The van der Waals surface area contributed by atoms with Crippen molar-refractivity contribution in [1.82, 2.24) is 0 Å². The zero-order valence-electron chi connectivity index (χ0n) is 33.1. The summed E-state index contributed by atoms with van der Waals surface area (Å²) in [5.74, 6) is 0. The lowest BCUT2D eigenvalue weighted by Gasteiger charge is -2.32. The van der Waals surface area contributed by atoms with Crippen LogP contribution < -0.4 is 4.90 Å². The van der Waals surface area contributed by atoms with Crippen LogP contribution in [0, 0.1) is 0 Å². The van der Waals surface area contributed by atoms with Crippen molar-refractivity contribution in [2.75, 3.05) is 4.90 Å². The third-order valence-corrected chi connectivity index (χ3v) is 12.2. The fourth-order valence-electron chi connectivity index (χ4n) is 9.44. The van der Waals surface area contributed by atoms with Gasteiger partial charge in [-0.05, 0) is 121 Å². The lowest BCUT2D eigenvalue weighted by Crippen LogP contribution is -2.21. The van der Waals surface area contributed by atoms with E-state index in [-0.39, 0.29) is 5.41 Å². The zero-order chi connectivity index (χ0) is 39.5. The van der Waals surface area contributed by atoms with Crippen molar-refractivity contribution in [2.24, 2.45) is 0 Å². The SMILES string of the molecule is CC1(C)c2cc(-c3ccccc3)cc(-c3ccccc3)c2-c2cccc(N(c3ccc(-c4ccccc4)cc3)c3cccc4oc5ccc(-c6ccccc6)cc5c34)c21. The summed E-state index contributed by atoms with van der Waals surface area (Å²) in [5, 5.41) is 2.19. The van der Waals surface area contributed by atoms with Crippen molar-refractivity contribution in [3.8, 4) is 55.6 Å². The van der Waals surface area contributed by atoms with Gasteiger partial charge in [0, 0.05) is 16.5 Å². The molecule has 0 spiro atoms. The van der Waals surface area contributed by atoms with E-state index in [4.69, 9.17) is 4.42 Å². The maximum atomic E-state index is 6.66. The highest BCUT2D eigenvalue weighted by Gasteiger charge is 2.41. The highest BCUT2D eigenvalue weighted by molar-refractivity contribution is 6.14. The lowest BCUT2D eigenvalue weighted by molar-refractivity contribution is 0.661. The predicted octanol–water partition coefficient (Wildman–Crippen LogP) is 16.0. The van der Waals surface area contributed by atoms with Gasteiger partial charge in [0.15, 0.2) is 0 Å². The van der Waals surface area contributed by atoms with Crippen molar-refractivity contribution in [2.45, 2.75) is 19.3 Å². The third-order valence-electron chi connectivity index (χ3n) is 12.2. The molecule has 280 valence electrons. The first-order valence-electron chi connectivity index (χ1n) is 20.4.